The van der Waals surface area contributed by atoms with Gasteiger partial charge in [-0.3, -0.25) is 9.78 Å². The van der Waals surface area contributed by atoms with Gasteiger partial charge in [-0.15, -0.1) is 0 Å². The zero-order valence-corrected chi connectivity index (χ0v) is 21.6. The van der Waals surface area contributed by atoms with E-state index in [2.05, 4.69) is 32.1 Å². The lowest BCUT2D eigenvalue weighted by Gasteiger charge is -2.45. The van der Waals surface area contributed by atoms with E-state index in [-0.39, 0.29) is 18.2 Å². The smallest absolute Gasteiger partial charge is 0.407 e. The predicted molar refractivity (Wildman–Crippen MR) is 137 cm³/mol. The van der Waals surface area contributed by atoms with Gasteiger partial charge in [-0.05, 0) is 45.0 Å². The molecular formula is C26H30FN7O4. The average Bonchev–Trinajstić information content (AvgIpc) is 3.28. The number of halogens is 1. The van der Waals surface area contributed by atoms with Crippen molar-refractivity contribution in [2.45, 2.75) is 57.0 Å². The van der Waals surface area contributed by atoms with Crippen LogP contribution in [0.4, 0.5) is 14.9 Å². The number of rotatable bonds is 8. The fourth-order valence-electron chi connectivity index (χ4n) is 4.33. The van der Waals surface area contributed by atoms with Gasteiger partial charge in [0.2, 0.25) is 0 Å². The maximum absolute atomic E-state index is 14.3. The number of amides is 2. The number of ether oxygens (including phenoxy) is 1. The molecule has 38 heavy (non-hydrogen) atoms. The van der Waals surface area contributed by atoms with E-state index in [0.29, 0.717) is 41.0 Å². The molecule has 1 aliphatic carbocycles. The molecule has 11 nitrogen and oxygen atoms in total. The Balaban J connectivity index is 1.63. The minimum absolute atomic E-state index is 0.189. The molecule has 3 heterocycles. The number of nitrogens with one attached hydrogen (secondary N) is 3. The molecule has 3 aromatic rings. The average molecular weight is 524 g/mol. The molecular weight excluding hydrogens is 493 g/mol. The molecule has 0 radical (unpaired) electrons. The van der Waals surface area contributed by atoms with Crippen molar-refractivity contribution in [2.24, 2.45) is 0 Å². The van der Waals surface area contributed by atoms with Crippen molar-refractivity contribution in [3.63, 3.8) is 0 Å². The second-order valence-electron chi connectivity index (χ2n) is 10.2. The van der Waals surface area contributed by atoms with Crippen LogP contribution in [0.15, 0.2) is 36.7 Å². The monoisotopic (exact) mass is 523 g/mol. The number of anilines is 1. The van der Waals surface area contributed by atoms with E-state index < -0.39 is 29.3 Å². The van der Waals surface area contributed by atoms with Crippen LogP contribution in [0, 0.1) is 11.3 Å². The highest BCUT2D eigenvalue weighted by molar-refractivity contribution is 6.00. The molecule has 4 N–H and O–H groups in total. The lowest BCUT2D eigenvalue weighted by atomic mass is 9.75. The van der Waals surface area contributed by atoms with Gasteiger partial charge in [-0.25, -0.2) is 13.7 Å². The second-order valence-corrected chi connectivity index (χ2v) is 10.2. The molecule has 1 fully saturated rings. The summed E-state index contributed by atoms with van der Waals surface area (Å²) in [5.41, 5.74) is 0.843. The number of fused-ring (bicyclic) bond motifs is 1. The number of carbonyl (C=O) groups is 2. The summed E-state index contributed by atoms with van der Waals surface area (Å²) >= 11 is 0. The number of alkyl halides is 1. The number of nitriles is 1. The zero-order chi connectivity index (χ0) is 27.7. The molecule has 0 saturated heterocycles. The van der Waals surface area contributed by atoms with Crippen molar-refractivity contribution in [2.75, 3.05) is 18.9 Å². The lowest BCUT2D eigenvalue weighted by molar-refractivity contribution is -0.00178. The Hall–Kier alpha value is -4.24. The summed E-state index contributed by atoms with van der Waals surface area (Å²) in [4.78, 5) is 29.1. The van der Waals surface area contributed by atoms with Crippen molar-refractivity contribution in [3.8, 4) is 17.5 Å². The Bertz CT molecular complexity index is 1400. The fourth-order valence-corrected chi connectivity index (χ4v) is 4.33. The number of hydrogen-bond donors (Lipinski definition) is 4. The van der Waals surface area contributed by atoms with Gasteiger partial charge in [0.25, 0.3) is 5.91 Å². The molecule has 1 aliphatic rings. The molecule has 4 rings (SSSR count). The first kappa shape index (κ1) is 26.8. The largest absolute Gasteiger partial charge is 0.446 e. The Kier molecular flexibility index (Phi) is 7.24. The topological polar surface area (TPSA) is 154 Å². The SMILES string of the molecule is CNC(=O)OC1CC(C)(Nc2cc(-c3ccc4cc(C#N)cnn34)ncc2C(=O)NC[C@@H](F)C(C)(C)O)C1. The quantitative estimate of drug-likeness (QED) is 0.352. The summed E-state index contributed by atoms with van der Waals surface area (Å²) in [6, 6.07) is 9.09. The Morgan fingerprint density at radius 1 is 1.34 bits per heavy atom. The first-order valence-corrected chi connectivity index (χ1v) is 12.1. The summed E-state index contributed by atoms with van der Waals surface area (Å²) in [5, 5.41) is 31.7. The number of nitrogens with zero attached hydrogens (tertiary/aromatic N) is 4. The summed E-state index contributed by atoms with van der Waals surface area (Å²) in [6.45, 7) is 4.23. The number of alkyl carbamates (subject to hydrolysis) is 1. The normalized spacial score (nSPS) is 19.7. The standard InChI is InChI=1S/C26H30FN7O4/c1-25(2,37)22(27)14-31-23(35)18-13-30-20(21-6-5-16-7-15(11-28)12-32-34(16)21)8-19(18)33-26(3)9-17(10-26)38-24(36)29-4/h5-8,12-13,17,22,37H,9-10,14H2,1-4H3,(H,29,36)(H,30,33)(H,31,35)/t17?,22-,26?/m1/s1. The molecule has 0 spiro atoms. The molecule has 3 aromatic heterocycles. The minimum Gasteiger partial charge on any atom is -0.446 e. The van der Waals surface area contributed by atoms with Crippen LogP contribution in [0.25, 0.3) is 16.9 Å². The summed E-state index contributed by atoms with van der Waals surface area (Å²) in [7, 11) is 1.49. The highest BCUT2D eigenvalue weighted by Crippen LogP contribution is 2.38. The van der Waals surface area contributed by atoms with Crippen LogP contribution in [-0.4, -0.2) is 68.7 Å². The van der Waals surface area contributed by atoms with Crippen LogP contribution < -0.4 is 16.0 Å². The van der Waals surface area contributed by atoms with E-state index in [1.165, 1.54) is 33.3 Å². The maximum Gasteiger partial charge on any atom is 0.407 e. The van der Waals surface area contributed by atoms with E-state index in [9.17, 15) is 19.1 Å². The van der Waals surface area contributed by atoms with Crippen LogP contribution in [0.5, 0.6) is 0 Å². The highest BCUT2D eigenvalue weighted by Gasteiger charge is 2.43. The van der Waals surface area contributed by atoms with Crippen LogP contribution in [0.1, 0.15) is 49.5 Å². The van der Waals surface area contributed by atoms with E-state index in [4.69, 9.17) is 10.00 Å². The van der Waals surface area contributed by atoms with Crippen molar-refractivity contribution >= 4 is 23.2 Å². The molecule has 200 valence electrons. The number of aromatic nitrogens is 3. The Morgan fingerprint density at radius 3 is 2.74 bits per heavy atom. The van der Waals surface area contributed by atoms with Gasteiger partial charge in [-0.2, -0.15) is 10.4 Å². The third kappa shape index (κ3) is 5.68. The number of carbonyl (C=O) groups excluding carboxylic acids is 2. The van der Waals surface area contributed by atoms with Crippen LogP contribution in [0.3, 0.4) is 0 Å². The van der Waals surface area contributed by atoms with Crippen molar-refractivity contribution in [1.82, 2.24) is 25.2 Å². The van der Waals surface area contributed by atoms with Crippen molar-refractivity contribution in [3.05, 3.63) is 47.8 Å². The molecule has 0 bridgehead atoms. The van der Waals surface area contributed by atoms with Crippen molar-refractivity contribution < 1.29 is 23.8 Å². The van der Waals surface area contributed by atoms with E-state index in [1.807, 2.05) is 19.1 Å². The van der Waals surface area contributed by atoms with E-state index in [1.54, 1.807) is 16.6 Å². The number of hydrogen-bond acceptors (Lipinski definition) is 8. The lowest BCUT2D eigenvalue weighted by Crippen LogP contribution is -2.53. The Labute approximate surface area is 219 Å². The molecule has 0 aliphatic heterocycles. The van der Waals surface area contributed by atoms with Gasteiger partial charge in [0.15, 0.2) is 0 Å². The summed E-state index contributed by atoms with van der Waals surface area (Å²) in [6.07, 6.45) is 1.41. The third-order valence-corrected chi connectivity index (χ3v) is 6.52. The maximum atomic E-state index is 14.3. The molecule has 1 saturated carbocycles. The minimum atomic E-state index is -1.67. The second kappa shape index (κ2) is 10.3. The van der Waals surface area contributed by atoms with Crippen LogP contribution >= 0.6 is 0 Å². The van der Waals surface area contributed by atoms with Crippen LogP contribution in [-0.2, 0) is 4.74 Å². The molecule has 0 unspecified atom stereocenters. The van der Waals surface area contributed by atoms with E-state index in [0.717, 1.165) is 0 Å². The Morgan fingerprint density at radius 2 is 2.08 bits per heavy atom. The van der Waals surface area contributed by atoms with Gasteiger partial charge in [0, 0.05) is 31.6 Å². The molecule has 2 amide bonds. The van der Waals surface area contributed by atoms with Gasteiger partial charge in [0.05, 0.1) is 52.1 Å². The van der Waals surface area contributed by atoms with Gasteiger partial charge in [-0.1, -0.05) is 0 Å². The van der Waals surface area contributed by atoms with Gasteiger partial charge < -0.3 is 25.8 Å². The summed E-state index contributed by atoms with van der Waals surface area (Å²) in [5.74, 6) is -0.559. The number of aliphatic hydroxyl groups is 1. The van der Waals surface area contributed by atoms with Crippen LogP contribution in [0.2, 0.25) is 0 Å². The van der Waals surface area contributed by atoms with Gasteiger partial charge >= 0.3 is 6.09 Å². The third-order valence-electron chi connectivity index (χ3n) is 6.52. The number of pyridine rings is 1. The first-order chi connectivity index (χ1) is 17.9. The summed E-state index contributed by atoms with van der Waals surface area (Å²) < 4.78 is 21.2. The van der Waals surface area contributed by atoms with Gasteiger partial charge in [0.1, 0.15) is 18.3 Å². The zero-order valence-electron chi connectivity index (χ0n) is 21.6. The molecule has 12 heteroatoms. The van der Waals surface area contributed by atoms with E-state index >= 15 is 0 Å². The molecule has 0 aromatic carbocycles. The predicted octanol–water partition coefficient (Wildman–Crippen LogP) is 2.80. The molecule has 1 atom stereocenters. The first-order valence-electron chi connectivity index (χ1n) is 12.1. The fraction of sp³-hybridized carbons (Fsp3) is 0.423. The van der Waals surface area contributed by atoms with Crippen molar-refractivity contribution in [1.29, 1.82) is 5.26 Å². The highest BCUT2D eigenvalue weighted by atomic mass is 19.1.